The predicted octanol–water partition coefficient (Wildman–Crippen LogP) is 1.26. The summed E-state index contributed by atoms with van der Waals surface area (Å²) in [6.07, 6.45) is 6.80. The van der Waals surface area contributed by atoms with Crippen LogP contribution in [0.1, 0.15) is 12.8 Å². The van der Waals surface area contributed by atoms with Crippen LogP contribution in [0, 0.1) is 11.8 Å². The van der Waals surface area contributed by atoms with E-state index in [9.17, 15) is 4.79 Å². The highest BCUT2D eigenvalue weighted by Crippen LogP contribution is 2.40. The lowest BCUT2D eigenvalue weighted by Gasteiger charge is -2.27. The fourth-order valence-corrected chi connectivity index (χ4v) is 4.02. The van der Waals surface area contributed by atoms with E-state index in [4.69, 9.17) is 0 Å². The summed E-state index contributed by atoms with van der Waals surface area (Å²) >= 11 is 0. The van der Waals surface area contributed by atoms with E-state index in [2.05, 4.69) is 26.9 Å². The number of fused-ring (bicyclic) bond motifs is 2. The largest absolute Gasteiger partial charge is 0.356 e. The average Bonchev–Trinajstić information content (AvgIpc) is 3.18. The van der Waals surface area contributed by atoms with Gasteiger partial charge in [-0.3, -0.25) is 4.79 Å². The van der Waals surface area contributed by atoms with Gasteiger partial charge < -0.3 is 14.8 Å². The van der Waals surface area contributed by atoms with Crippen molar-refractivity contribution >= 4 is 23.3 Å². The van der Waals surface area contributed by atoms with Gasteiger partial charge in [0.15, 0.2) is 0 Å². The molecule has 1 saturated heterocycles. The van der Waals surface area contributed by atoms with Gasteiger partial charge in [-0.15, -0.1) is 0 Å². The monoisotopic (exact) mass is 285 g/mol. The molecule has 1 aliphatic carbocycles. The number of rotatable bonds is 3. The second-order valence-electron chi connectivity index (χ2n) is 6.25. The lowest BCUT2D eigenvalue weighted by atomic mass is 10.0. The Labute approximate surface area is 123 Å². The summed E-state index contributed by atoms with van der Waals surface area (Å²) in [5, 5.41) is 1.08. The SMILES string of the molecule is CN(c1ncnc2[nH]ccc12)C1C[C@@H]2CN(C=O)C[C@@H]2C1. The van der Waals surface area contributed by atoms with E-state index in [0.717, 1.165) is 49.2 Å². The van der Waals surface area contributed by atoms with Crippen LogP contribution in [0.3, 0.4) is 0 Å². The molecule has 2 aromatic heterocycles. The molecule has 3 heterocycles. The first kappa shape index (κ1) is 12.6. The Balaban J connectivity index is 1.56. The number of aromatic amines is 1. The van der Waals surface area contributed by atoms with Gasteiger partial charge in [0.25, 0.3) is 0 Å². The van der Waals surface area contributed by atoms with E-state index in [1.165, 1.54) is 0 Å². The Hall–Kier alpha value is -2.11. The van der Waals surface area contributed by atoms with E-state index in [1.807, 2.05) is 17.2 Å². The zero-order chi connectivity index (χ0) is 14.4. The number of aromatic nitrogens is 3. The van der Waals surface area contributed by atoms with E-state index >= 15 is 0 Å². The molecule has 0 bridgehead atoms. The van der Waals surface area contributed by atoms with E-state index < -0.39 is 0 Å². The van der Waals surface area contributed by atoms with Crippen LogP contribution in [0.4, 0.5) is 5.82 Å². The Morgan fingerprint density at radius 3 is 2.81 bits per heavy atom. The molecule has 4 rings (SSSR count). The standard InChI is InChI=1S/C15H19N5O/c1-19(15-13-2-3-16-14(13)17-8-18-15)12-4-10-6-20(9-21)7-11(10)5-12/h2-3,8-12H,4-7H2,1H3,(H,16,17,18)/t10-,11+,12?. The second-order valence-corrected chi connectivity index (χ2v) is 6.25. The van der Waals surface area contributed by atoms with Crippen molar-refractivity contribution in [2.45, 2.75) is 18.9 Å². The fourth-order valence-electron chi connectivity index (χ4n) is 4.02. The molecule has 0 radical (unpaired) electrons. The molecule has 2 fully saturated rings. The molecule has 2 aliphatic rings. The van der Waals surface area contributed by atoms with Gasteiger partial charge in [0.1, 0.15) is 17.8 Å². The zero-order valence-electron chi connectivity index (χ0n) is 12.1. The average molecular weight is 285 g/mol. The van der Waals surface area contributed by atoms with Gasteiger partial charge in [-0.05, 0) is 30.7 Å². The van der Waals surface area contributed by atoms with Crippen molar-refractivity contribution in [3.8, 4) is 0 Å². The number of anilines is 1. The van der Waals surface area contributed by atoms with Crippen LogP contribution in [-0.2, 0) is 4.79 Å². The number of hydrogen-bond acceptors (Lipinski definition) is 4. The van der Waals surface area contributed by atoms with Gasteiger partial charge in [-0.1, -0.05) is 0 Å². The minimum absolute atomic E-state index is 0.502. The molecule has 6 nitrogen and oxygen atoms in total. The number of carbonyl (C=O) groups excluding carboxylic acids is 1. The minimum atomic E-state index is 0.502. The second kappa shape index (κ2) is 4.72. The van der Waals surface area contributed by atoms with Gasteiger partial charge in [0.05, 0.1) is 5.39 Å². The molecular weight excluding hydrogens is 266 g/mol. The van der Waals surface area contributed by atoms with Crippen molar-refractivity contribution in [2.24, 2.45) is 11.8 Å². The highest BCUT2D eigenvalue weighted by Gasteiger charge is 2.42. The lowest BCUT2D eigenvalue weighted by molar-refractivity contribution is -0.117. The van der Waals surface area contributed by atoms with Crippen molar-refractivity contribution in [3.05, 3.63) is 18.6 Å². The summed E-state index contributed by atoms with van der Waals surface area (Å²) in [5.74, 6) is 2.29. The Morgan fingerprint density at radius 1 is 1.33 bits per heavy atom. The molecule has 3 atom stereocenters. The minimum Gasteiger partial charge on any atom is -0.356 e. The highest BCUT2D eigenvalue weighted by molar-refractivity contribution is 5.87. The van der Waals surface area contributed by atoms with Gasteiger partial charge in [-0.25, -0.2) is 9.97 Å². The Bertz CT molecular complexity index is 655. The first-order chi connectivity index (χ1) is 10.3. The maximum Gasteiger partial charge on any atom is 0.209 e. The first-order valence-electron chi connectivity index (χ1n) is 7.46. The lowest BCUT2D eigenvalue weighted by Crippen LogP contribution is -2.32. The third kappa shape index (κ3) is 1.97. The molecule has 0 spiro atoms. The molecule has 1 unspecified atom stereocenters. The molecule has 1 amide bonds. The van der Waals surface area contributed by atoms with Crippen LogP contribution >= 0.6 is 0 Å². The van der Waals surface area contributed by atoms with Crippen LogP contribution in [0.2, 0.25) is 0 Å². The van der Waals surface area contributed by atoms with Gasteiger partial charge in [0, 0.05) is 32.4 Å². The summed E-state index contributed by atoms with van der Waals surface area (Å²) in [5.41, 5.74) is 0.886. The summed E-state index contributed by atoms with van der Waals surface area (Å²) < 4.78 is 0. The summed E-state index contributed by atoms with van der Waals surface area (Å²) in [6.45, 7) is 1.84. The van der Waals surface area contributed by atoms with Crippen molar-refractivity contribution in [3.63, 3.8) is 0 Å². The third-order valence-corrected chi connectivity index (χ3v) is 5.12. The van der Waals surface area contributed by atoms with Crippen molar-refractivity contribution < 1.29 is 4.79 Å². The van der Waals surface area contributed by atoms with E-state index in [1.54, 1.807) is 6.33 Å². The molecule has 1 aliphatic heterocycles. The molecular formula is C15H19N5O. The van der Waals surface area contributed by atoms with Crippen molar-refractivity contribution in [2.75, 3.05) is 25.0 Å². The van der Waals surface area contributed by atoms with Gasteiger partial charge in [-0.2, -0.15) is 0 Å². The first-order valence-corrected chi connectivity index (χ1v) is 7.46. The number of nitrogens with one attached hydrogen (secondary N) is 1. The maximum atomic E-state index is 10.9. The highest BCUT2D eigenvalue weighted by atomic mass is 16.1. The number of likely N-dealkylation sites (tertiary alicyclic amines) is 1. The topological polar surface area (TPSA) is 65.1 Å². The molecule has 0 aromatic carbocycles. The van der Waals surface area contributed by atoms with Crippen LogP contribution < -0.4 is 4.90 Å². The van der Waals surface area contributed by atoms with Crippen molar-refractivity contribution in [1.82, 2.24) is 19.9 Å². The number of amides is 1. The number of H-pyrrole nitrogens is 1. The molecule has 1 saturated carbocycles. The Kier molecular flexibility index (Phi) is 2.83. The van der Waals surface area contributed by atoms with Crippen LogP contribution in [0.25, 0.3) is 11.0 Å². The van der Waals surface area contributed by atoms with Gasteiger partial charge in [0.2, 0.25) is 6.41 Å². The maximum absolute atomic E-state index is 10.9. The van der Waals surface area contributed by atoms with Crippen molar-refractivity contribution in [1.29, 1.82) is 0 Å². The van der Waals surface area contributed by atoms with Crippen LogP contribution in [-0.4, -0.2) is 52.4 Å². The fraction of sp³-hybridized carbons (Fsp3) is 0.533. The summed E-state index contributed by atoms with van der Waals surface area (Å²) in [7, 11) is 2.12. The predicted molar refractivity (Wildman–Crippen MR) is 79.9 cm³/mol. The normalized spacial score (nSPS) is 28.0. The number of carbonyl (C=O) groups is 1. The van der Waals surface area contributed by atoms with Crippen LogP contribution in [0.5, 0.6) is 0 Å². The summed E-state index contributed by atoms with van der Waals surface area (Å²) in [6, 6.07) is 2.53. The molecule has 6 heteroatoms. The zero-order valence-corrected chi connectivity index (χ0v) is 12.1. The van der Waals surface area contributed by atoms with E-state index in [-0.39, 0.29) is 0 Å². The quantitative estimate of drug-likeness (QED) is 0.862. The summed E-state index contributed by atoms with van der Waals surface area (Å²) in [4.78, 5) is 27.0. The molecule has 2 aromatic rings. The van der Waals surface area contributed by atoms with Gasteiger partial charge >= 0.3 is 0 Å². The smallest absolute Gasteiger partial charge is 0.209 e. The van der Waals surface area contributed by atoms with E-state index in [0.29, 0.717) is 17.9 Å². The van der Waals surface area contributed by atoms with Crippen LogP contribution in [0.15, 0.2) is 18.6 Å². The Morgan fingerprint density at radius 2 is 2.10 bits per heavy atom. The number of nitrogens with zero attached hydrogens (tertiary/aromatic N) is 4. The number of hydrogen-bond donors (Lipinski definition) is 1. The molecule has 21 heavy (non-hydrogen) atoms. The molecule has 110 valence electrons. The molecule has 1 N–H and O–H groups in total. The third-order valence-electron chi connectivity index (χ3n) is 5.12.